The van der Waals surface area contributed by atoms with Crippen LogP contribution in [-0.2, 0) is 16.8 Å². The maximum atomic E-state index is 13.5. The summed E-state index contributed by atoms with van der Waals surface area (Å²) >= 11 is 0. The molecule has 5 nitrogen and oxygen atoms in total. The van der Waals surface area contributed by atoms with E-state index in [0.29, 0.717) is 35.5 Å². The van der Waals surface area contributed by atoms with Crippen molar-refractivity contribution in [1.29, 1.82) is 0 Å². The maximum absolute atomic E-state index is 13.5. The lowest BCUT2D eigenvalue weighted by Crippen LogP contribution is -2.42. The highest BCUT2D eigenvalue weighted by molar-refractivity contribution is 6.06. The topological polar surface area (TPSA) is 70.0 Å². The van der Waals surface area contributed by atoms with Crippen molar-refractivity contribution >= 4 is 11.6 Å². The highest BCUT2D eigenvalue weighted by Gasteiger charge is 2.50. The zero-order valence-electron chi connectivity index (χ0n) is 19.2. The Labute approximate surface area is 204 Å². The normalized spacial score (nSPS) is 17.8. The molecule has 4 aromatic carbocycles. The Balaban J connectivity index is 1.32. The molecule has 176 valence electrons. The fourth-order valence-corrected chi connectivity index (χ4v) is 4.59. The summed E-state index contributed by atoms with van der Waals surface area (Å²) in [6.45, 7) is 0.448. The first kappa shape index (κ1) is 22.8. The van der Waals surface area contributed by atoms with Crippen molar-refractivity contribution in [1.82, 2.24) is 0 Å². The highest BCUT2D eigenvalue weighted by Crippen LogP contribution is 2.45. The Morgan fingerprint density at radius 2 is 1.37 bits per heavy atom. The summed E-state index contributed by atoms with van der Waals surface area (Å²) in [5.41, 5.74) is 1.14. The number of rotatable bonds is 8. The summed E-state index contributed by atoms with van der Waals surface area (Å²) in [5.74, 6) is 0.955. The van der Waals surface area contributed by atoms with Crippen molar-refractivity contribution in [3.05, 3.63) is 126 Å². The van der Waals surface area contributed by atoms with Crippen molar-refractivity contribution in [2.45, 2.75) is 24.5 Å². The van der Waals surface area contributed by atoms with Crippen molar-refractivity contribution < 1.29 is 19.7 Å². The second-order valence-electron chi connectivity index (χ2n) is 8.77. The van der Waals surface area contributed by atoms with E-state index in [1.807, 2.05) is 72.8 Å². The smallest absolute Gasteiger partial charge is 0.263 e. The van der Waals surface area contributed by atoms with Gasteiger partial charge in [-0.05, 0) is 47.9 Å². The molecule has 4 aromatic rings. The molecule has 2 N–H and O–H groups in total. The van der Waals surface area contributed by atoms with Gasteiger partial charge in [-0.2, -0.15) is 0 Å². The Morgan fingerprint density at radius 3 is 2.09 bits per heavy atom. The number of hydrogen-bond donors (Lipinski definition) is 2. The molecule has 0 radical (unpaired) electrons. The molecule has 0 spiro atoms. The minimum atomic E-state index is -1.80. The maximum Gasteiger partial charge on any atom is 0.263 e. The largest absolute Gasteiger partial charge is 0.457 e. The summed E-state index contributed by atoms with van der Waals surface area (Å²) in [4.78, 5) is 15.1. The molecule has 5 heteroatoms. The lowest BCUT2D eigenvalue weighted by molar-refractivity contribution is -0.139. The van der Waals surface area contributed by atoms with Gasteiger partial charge in [-0.25, -0.2) is 0 Å². The van der Waals surface area contributed by atoms with Crippen LogP contribution in [0.25, 0.3) is 0 Å². The van der Waals surface area contributed by atoms with Crippen molar-refractivity contribution in [2.75, 3.05) is 11.4 Å². The number of carbonyl (C=O) groups excluding carboxylic acids is 1. The van der Waals surface area contributed by atoms with Gasteiger partial charge >= 0.3 is 0 Å². The number of nitrogens with zero attached hydrogens (tertiary/aromatic N) is 1. The van der Waals surface area contributed by atoms with E-state index in [9.17, 15) is 15.0 Å². The molecule has 5 rings (SSSR count). The quantitative estimate of drug-likeness (QED) is 0.367. The van der Waals surface area contributed by atoms with Gasteiger partial charge in [0.15, 0.2) is 5.60 Å². The second-order valence-corrected chi connectivity index (χ2v) is 8.77. The lowest BCUT2D eigenvalue weighted by atomic mass is 9.87. The van der Waals surface area contributed by atoms with Crippen molar-refractivity contribution in [3.8, 4) is 11.5 Å². The zero-order valence-corrected chi connectivity index (χ0v) is 19.2. The zero-order chi connectivity index (χ0) is 24.3. The summed E-state index contributed by atoms with van der Waals surface area (Å²) < 4.78 is 5.82. The van der Waals surface area contributed by atoms with Gasteiger partial charge in [-0.1, -0.05) is 78.9 Å². The number of aliphatic hydroxyl groups is 2. The van der Waals surface area contributed by atoms with Crippen LogP contribution in [0.5, 0.6) is 11.5 Å². The molecule has 2 unspecified atom stereocenters. The molecule has 0 fully saturated rings. The van der Waals surface area contributed by atoms with Crippen LogP contribution in [0.1, 0.15) is 29.2 Å². The van der Waals surface area contributed by atoms with E-state index in [2.05, 4.69) is 0 Å². The highest BCUT2D eigenvalue weighted by atomic mass is 16.5. The molecule has 0 aromatic heterocycles. The molecule has 35 heavy (non-hydrogen) atoms. The number of anilines is 1. The minimum Gasteiger partial charge on any atom is -0.457 e. The van der Waals surface area contributed by atoms with Crippen LogP contribution in [0.2, 0.25) is 0 Å². The molecule has 0 aliphatic carbocycles. The number of para-hydroxylation sites is 2. The molecule has 1 heterocycles. The summed E-state index contributed by atoms with van der Waals surface area (Å²) in [7, 11) is 0. The van der Waals surface area contributed by atoms with Crippen LogP contribution in [0.15, 0.2) is 109 Å². The van der Waals surface area contributed by atoms with Gasteiger partial charge in [0.25, 0.3) is 5.91 Å². The van der Waals surface area contributed by atoms with E-state index in [0.717, 1.165) is 11.3 Å². The Bertz CT molecular complexity index is 1290. The Morgan fingerprint density at radius 1 is 0.771 bits per heavy atom. The predicted molar refractivity (Wildman–Crippen MR) is 135 cm³/mol. The second kappa shape index (κ2) is 9.74. The number of ether oxygens (including phenoxy) is 1. The van der Waals surface area contributed by atoms with Gasteiger partial charge in [0.2, 0.25) is 0 Å². The van der Waals surface area contributed by atoms with Crippen molar-refractivity contribution in [3.63, 3.8) is 0 Å². The molecule has 0 saturated carbocycles. The summed E-state index contributed by atoms with van der Waals surface area (Å²) in [5, 5.41) is 22.6. The van der Waals surface area contributed by atoms with Gasteiger partial charge < -0.3 is 19.8 Å². The van der Waals surface area contributed by atoms with Crippen LogP contribution < -0.4 is 9.64 Å². The number of aliphatic hydroxyl groups excluding tert-OH is 1. The predicted octanol–water partition coefficient (Wildman–Crippen LogP) is 5.38. The fraction of sp³-hybridized carbons (Fsp3) is 0.167. The fourth-order valence-electron chi connectivity index (χ4n) is 4.59. The summed E-state index contributed by atoms with van der Waals surface area (Å²) in [6.07, 6.45) is -0.497. The molecule has 0 bridgehead atoms. The average Bonchev–Trinajstić information content (AvgIpc) is 3.10. The number of benzene rings is 4. The average molecular weight is 466 g/mol. The Kier molecular flexibility index (Phi) is 6.36. The molecule has 0 saturated heterocycles. The van der Waals surface area contributed by atoms with Crippen LogP contribution in [-0.4, -0.2) is 22.7 Å². The third-order valence-electron chi connectivity index (χ3n) is 6.44. The van der Waals surface area contributed by atoms with Crippen LogP contribution >= 0.6 is 0 Å². The van der Waals surface area contributed by atoms with E-state index in [1.54, 1.807) is 41.3 Å². The van der Waals surface area contributed by atoms with E-state index >= 15 is 0 Å². The molecule has 1 amide bonds. The number of fused-ring (bicyclic) bond motifs is 1. The molecule has 1 aliphatic heterocycles. The summed E-state index contributed by atoms with van der Waals surface area (Å²) in [6, 6.07) is 33.7. The number of amides is 1. The standard InChI is InChI=1S/C30H27NO4/c32-28(23-15-17-25(18-16-23)35-24-11-5-2-6-12-24)21-30(34)26-13-7-8-14-27(26)31(29(30)33)20-19-22-9-3-1-4-10-22/h1-18,28,32,34H,19-21H2. The van der Waals surface area contributed by atoms with Crippen LogP contribution in [0.3, 0.4) is 0 Å². The lowest BCUT2D eigenvalue weighted by Gasteiger charge is -2.26. The third kappa shape index (κ3) is 4.69. The first-order valence-corrected chi connectivity index (χ1v) is 11.7. The van der Waals surface area contributed by atoms with E-state index < -0.39 is 17.6 Å². The van der Waals surface area contributed by atoms with Gasteiger partial charge in [0.05, 0.1) is 11.8 Å². The van der Waals surface area contributed by atoms with E-state index in [1.165, 1.54) is 0 Å². The molecular formula is C30H27NO4. The monoisotopic (exact) mass is 465 g/mol. The Hall–Kier alpha value is -3.93. The molecular weight excluding hydrogens is 438 g/mol. The van der Waals surface area contributed by atoms with E-state index in [4.69, 9.17) is 4.74 Å². The van der Waals surface area contributed by atoms with Crippen LogP contribution in [0.4, 0.5) is 5.69 Å². The van der Waals surface area contributed by atoms with Gasteiger partial charge in [0.1, 0.15) is 11.5 Å². The molecule has 1 aliphatic rings. The van der Waals surface area contributed by atoms with Crippen LogP contribution in [0, 0.1) is 0 Å². The minimum absolute atomic E-state index is 0.135. The van der Waals surface area contributed by atoms with Gasteiger partial charge in [-0.15, -0.1) is 0 Å². The number of carbonyl (C=O) groups is 1. The number of hydrogen-bond acceptors (Lipinski definition) is 4. The first-order valence-electron chi connectivity index (χ1n) is 11.7. The van der Waals surface area contributed by atoms with Gasteiger partial charge in [-0.3, -0.25) is 4.79 Å². The molecule has 2 atom stereocenters. The van der Waals surface area contributed by atoms with E-state index in [-0.39, 0.29) is 6.42 Å². The third-order valence-corrected chi connectivity index (χ3v) is 6.44. The van der Waals surface area contributed by atoms with Crippen molar-refractivity contribution in [2.24, 2.45) is 0 Å². The van der Waals surface area contributed by atoms with Gasteiger partial charge in [0, 0.05) is 18.5 Å². The SMILES string of the molecule is O=C1N(CCc2ccccc2)c2ccccc2C1(O)CC(O)c1ccc(Oc2ccccc2)cc1. The first-order chi connectivity index (χ1) is 17.0.